The molecule has 0 aliphatic carbocycles. The van der Waals surface area contributed by atoms with Crippen molar-refractivity contribution in [3.8, 4) is 0 Å². The summed E-state index contributed by atoms with van der Waals surface area (Å²) in [4.78, 5) is 16.0. The standard InChI is InChI=1S/C21H24ClN3O3S/c1-15-13-17-14-18(7-8-20(17)25(15)16(2)26)29(27,28)24-11-9-23(10-12-24)21-6-4-3-5-19(21)22/h3-8,14-15H,9-13H2,1-2H3. The second-order valence-electron chi connectivity index (χ2n) is 7.58. The fourth-order valence-electron chi connectivity index (χ4n) is 4.27. The van der Waals surface area contributed by atoms with Gasteiger partial charge in [0.05, 0.1) is 15.6 Å². The van der Waals surface area contributed by atoms with E-state index in [2.05, 4.69) is 4.90 Å². The fraction of sp³-hybridized carbons (Fsp3) is 0.381. The highest BCUT2D eigenvalue weighted by Crippen LogP contribution is 2.35. The summed E-state index contributed by atoms with van der Waals surface area (Å²) < 4.78 is 27.9. The van der Waals surface area contributed by atoms with E-state index in [1.165, 1.54) is 11.2 Å². The SMILES string of the molecule is CC(=O)N1c2ccc(S(=O)(=O)N3CCN(c4ccccc4Cl)CC3)cc2CC1C. The highest BCUT2D eigenvalue weighted by molar-refractivity contribution is 7.89. The van der Waals surface area contributed by atoms with Gasteiger partial charge in [0.15, 0.2) is 0 Å². The maximum Gasteiger partial charge on any atom is 0.243 e. The van der Waals surface area contributed by atoms with Crippen molar-refractivity contribution in [2.45, 2.75) is 31.2 Å². The zero-order valence-corrected chi connectivity index (χ0v) is 18.1. The number of fused-ring (bicyclic) bond motifs is 1. The van der Waals surface area contributed by atoms with Gasteiger partial charge in [0.25, 0.3) is 0 Å². The summed E-state index contributed by atoms with van der Waals surface area (Å²) in [5.41, 5.74) is 2.65. The van der Waals surface area contributed by atoms with E-state index in [-0.39, 0.29) is 11.9 Å². The number of halogens is 1. The molecule has 1 unspecified atom stereocenters. The molecule has 0 spiro atoms. The number of sulfonamides is 1. The zero-order chi connectivity index (χ0) is 20.8. The molecule has 1 amide bonds. The third-order valence-corrected chi connectivity index (χ3v) is 7.89. The molecule has 29 heavy (non-hydrogen) atoms. The lowest BCUT2D eigenvalue weighted by Gasteiger charge is -2.35. The number of nitrogens with zero attached hydrogens (tertiary/aromatic N) is 3. The number of para-hydroxylation sites is 1. The summed E-state index contributed by atoms with van der Waals surface area (Å²) in [5.74, 6) is -0.0254. The van der Waals surface area contributed by atoms with Crippen molar-refractivity contribution in [2.24, 2.45) is 0 Å². The molecule has 2 aromatic carbocycles. The van der Waals surface area contributed by atoms with Crippen LogP contribution in [0.1, 0.15) is 19.4 Å². The Bertz CT molecular complexity index is 1050. The highest BCUT2D eigenvalue weighted by Gasteiger charge is 2.33. The molecule has 0 saturated carbocycles. The Kier molecular flexibility index (Phi) is 5.31. The number of amides is 1. The summed E-state index contributed by atoms with van der Waals surface area (Å²) in [6.07, 6.45) is 0.665. The smallest absolute Gasteiger partial charge is 0.243 e. The van der Waals surface area contributed by atoms with Crippen LogP contribution in [0.15, 0.2) is 47.4 Å². The van der Waals surface area contributed by atoms with E-state index in [4.69, 9.17) is 11.6 Å². The number of piperazine rings is 1. The van der Waals surface area contributed by atoms with Gasteiger partial charge in [0.1, 0.15) is 0 Å². The molecule has 1 fully saturated rings. The van der Waals surface area contributed by atoms with E-state index in [9.17, 15) is 13.2 Å². The van der Waals surface area contributed by atoms with Crippen LogP contribution >= 0.6 is 11.6 Å². The molecule has 2 aliphatic heterocycles. The normalized spacial score (nSPS) is 20.0. The molecule has 2 aromatic rings. The average molecular weight is 434 g/mol. The van der Waals surface area contributed by atoms with Crippen molar-refractivity contribution in [1.29, 1.82) is 0 Å². The van der Waals surface area contributed by atoms with Gasteiger partial charge in [0.2, 0.25) is 15.9 Å². The van der Waals surface area contributed by atoms with Crippen LogP contribution in [-0.4, -0.2) is 50.9 Å². The Morgan fingerprint density at radius 2 is 1.72 bits per heavy atom. The summed E-state index contributed by atoms with van der Waals surface area (Å²) >= 11 is 6.28. The van der Waals surface area contributed by atoms with Gasteiger partial charge in [-0.3, -0.25) is 4.79 Å². The van der Waals surface area contributed by atoms with Crippen LogP contribution in [-0.2, 0) is 21.2 Å². The summed E-state index contributed by atoms with van der Waals surface area (Å²) in [6.45, 7) is 5.49. The molecule has 0 aromatic heterocycles. The molecule has 1 atom stereocenters. The molecular formula is C21H24ClN3O3S. The van der Waals surface area contributed by atoms with Gasteiger partial charge < -0.3 is 9.80 Å². The largest absolute Gasteiger partial charge is 0.368 e. The van der Waals surface area contributed by atoms with Gasteiger partial charge in [-0.25, -0.2) is 8.42 Å². The first kappa shape index (κ1) is 20.2. The molecule has 0 radical (unpaired) electrons. The van der Waals surface area contributed by atoms with Crippen LogP contribution in [0.4, 0.5) is 11.4 Å². The molecule has 0 N–H and O–H groups in total. The molecule has 8 heteroatoms. The van der Waals surface area contributed by atoms with E-state index in [1.807, 2.05) is 31.2 Å². The van der Waals surface area contributed by atoms with E-state index < -0.39 is 10.0 Å². The zero-order valence-electron chi connectivity index (χ0n) is 16.5. The molecule has 2 heterocycles. The topological polar surface area (TPSA) is 60.9 Å². The molecule has 0 bridgehead atoms. The van der Waals surface area contributed by atoms with Gasteiger partial charge >= 0.3 is 0 Å². The molecule has 154 valence electrons. The van der Waals surface area contributed by atoms with E-state index in [0.29, 0.717) is 42.5 Å². The minimum Gasteiger partial charge on any atom is -0.368 e. The van der Waals surface area contributed by atoms with Crippen molar-refractivity contribution in [1.82, 2.24) is 4.31 Å². The Balaban J connectivity index is 1.53. The third kappa shape index (κ3) is 3.63. The number of hydrogen-bond acceptors (Lipinski definition) is 4. The van der Waals surface area contributed by atoms with Gasteiger partial charge in [-0.2, -0.15) is 4.31 Å². The van der Waals surface area contributed by atoms with Gasteiger partial charge in [-0.05, 0) is 49.2 Å². The average Bonchev–Trinajstić information content (AvgIpc) is 3.03. The fourth-order valence-corrected chi connectivity index (χ4v) is 6.00. The van der Waals surface area contributed by atoms with E-state index in [1.54, 1.807) is 23.1 Å². The quantitative estimate of drug-likeness (QED) is 0.746. The van der Waals surface area contributed by atoms with Gasteiger partial charge in [-0.15, -0.1) is 0 Å². The number of anilines is 2. The van der Waals surface area contributed by atoms with Crippen molar-refractivity contribution in [3.63, 3.8) is 0 Å². The first-order valence-corrected chi connectivity index (χ1v) is 11.5. The second-order valence-corrected chi connectivity index (χ2v) is 9.92. The van der Waals surface area contributed by atoms with Crippen molar-refractivity contribution in [2.75, 3.05) is 36.0 Å². The Morgan fingerprint density at radius 1 is 1.03 bits per heavy atom. The number of carbonyl (C=O) groups is 1. The van der Waals surface area contributed by atoms with E-state index >= 15 is 0 Å². The van der Waals surface area contributed by atoms with Crippen molar-refractivity contribution >= 4 is 38.9 Å². The second kappa shape index (κ2) is 7.63. The first-order chi connectivity index (χ1) is 13.8. The number of rotatable bonds is 3. The van der Waals surface area contributed by atoms with Crippen LogP contribution in [0.3, 0.4) is 0 Å². The lowest BCUT2D eigenvalue weighted by Crippen LogP contribution is -2.48. The van der Waals surface area contributed by atoms with Crippen LogP contribution < -0.4 is 9.80 Å². The lowest BCUT2D eigenvalue weighted by atomic mass is 10.1. The first-order valence-electron chi connectivity index (χ1n) is 9.71. The monoisotopic (exact) mass is 433 g/mol. The number of carbonyl (C=O) groups excluding carboxylic acids is 1. The van der Waals surface area contributed by atoms with Gasteiger partial charge in [-0.1, -0.05) is 23.7 Å². The van der Waals surface area contributed by atoms with Crippen molar-refractivity contribution < 1.29 is 13.2 Å². The van der Waals surface area contributed by atoms with Crippen LogP contribution in [0.5, 0.6) is 0 Å². The molecule has 1 saturated heterocycles. The number of benzene rings is 2. The van der Waals surface area contributed by atoms with Crippen LogP contribution in [0.25, 0.3) is 0 Å². The molecule has 6 nitrogen and oxygen atoms in total. The lowest BCUT2D eigenvalue weighted by molar-refractivity contribution is -0.116. The highest BCUT2D eigenvalue weighted by atomic mass is 35.5. The summed E-state index contributed by atoms with van der Waals surface area (Å²) in [7, 11) is -3.58. The maximum atomic E-state index is 13.2. The Labute approximate surface area is 176 Å². The summed E-state index contributed by atoms with van der Waals surface area (Å²) in [6, 6.07) is 12.7. The molecule has 2 aliphatic rings. The molecular weight excluding hydrogens is 410 g/mol. The maximum absolute atomic E-state index is 13.2. The summed E-state index contributed by atoms with van der Waals surface area (Å²) in [5, 5.41) is 0.673. The van der Waals surface area contributed by atoms with E-state index in [0.717, 1.165) is 16.9 Å². The van der Waals surface area contributed by atoms with Crippen molar-refractivity contribution in [3.05, 3.63) is 53.1 Å². The predicted octanol–water partition coefficient (Wildman–Crippen LogP) is 3.15. The van der Waals surface area contributed by atoms with Crippen LogP contribution in [0, 0.1) is 0 Å². The minimum atomic E-state index is -3.58. The Morgan fingerprint density at radius 3 is 2.38 bits per heavy atom. The van der Waals surface area contributed by atoms with Crippen LogP contribution in [0.2, 0.25) is 5.02 Å². The Hall–Kier alpha value is -2.09. The predicted molar refractivity (Wildman–Crippen MR) is 115 cm³/mol. The third-order valence-electron chi connectivity index (χ3n) is 5.68. The number of hydrogen-bond donors (Lipinski definition) is 0. The minimum absolute atomic E-state index is 0.0254. The molecule has 4 rings (SSSR count). The van der Waals surface area contributed by atoms with Gasteiger partial charge in [0, 0.05) is 44.8 Å².